The highest BCUT2D eigenvalue weighted by Crippen LogP contribution is 2.26. The molecule has 0 fully saturated rings. The first-order chi connectivity index (χ1) is 10.0. The van der Waals surface area contributed by atoms with Crippen molar-refractivity contribution in [1.82, 2.24) is 5.32 Å². The molecule has 2 aromatic rings. The van der Waals surface area contributed by atoms with E-state index in [4.69, 9.17) is 27.9 Å². The van der Waals surface area contributed by atoms with E-state index in [1.807, 2.05) is 42.5 Å². The standard InChI is InChI=1S/C17H19Cl2NO/c1-12(2)20-10-14-5-8-17(16(19)9-14)21-11-13-3-6-15(18)7-4-13/h3-9,12,20H,10-11H2,1-2H3. The van der Waals surface area contributed by atoms with Crippen LogP contribution in [0.3, 0.4) is 0 Å². The molecule has 0 saturated heterocycles. The van der Waals surface area contributed by atoms with Crippen LogP contribution in [0.5, 0.6) is 5.75 Å². The third kappa shape index (κ3) is 5.24. The van der Waals surface area contributed by atoms with E-state index in [1.54, 1.807) is 0 Å². The Labute approximate surface area is 136 Å². The largest absolute Gasteiger partial charge is 0.487 e. The highest BCUT2D eigenvalue weighted by atomic mass is 35.5. The molecular weight excluding hydrogens is 305 g/mol. The smallest absolute Gasteiger partial charge is 0.138 e. The second kappa shape index (κ2) is 7.69. The first kappa shape index (κ1) is 16.2. The second-order valence-electron chi connectivity index (χ2n) is 5.22. The average molecular weight is 324 g/mol. The van der Waals surface area contributed by atoms with Gasteiger partial charge in [0.25, 0.3) is 0 Å². The number of hydrogen-bond acceptors (Lipinski definition) is 2. The molecule has 0 spiro atoms. The van der Waals surface area contributed by atoms with Gasteiger partial charge in [0.05, 0.1) is 5.02 Å². The molecule has 2 aromatic carbocycles. The molecule has 0 aliphatic heterocycles. The fourth-order valence-corrected chi connectivity index (χ4v) is 2.22. The molecule has 4 heteroatoms. The minimum absolute atomic E-state index is 0.449. The quantitative estimate of drug-likeness (QED) is 0.801. The zero-order valence-electron chi connectivity index (χ0n) is 12.2. The van der Waals surface area contributed by atoms with Crippen LogP contribution in [-0.2, 0) is 13.2 Å². The normalized spacial score (nSPS) is 10.9. The number of rotatable bonds is 6. The van der Waals surface area contributed by atoms with Crippen LogP contribution in [0.1, 0.15) is 25.0 Å². The Bertz CT molecular complexity index is 582. The molecule has 1 N–H and O–H groups in total. The molecule has 2 nitrogen and oxygen atoms in total. The molecule has 0 bridgehead atoms. The van der Waals surface area contributed by atoms with Gasteiger partial charge in [-0.05, 0) is 35.4 Å². The van der Waals surface area contributed by atoms with Crippen molar-refractivity contribution in [3.63, 3.8) is 0 Å². The summed E-state index contributed by atoms with van der Waals surface area (Å²) in [6.07, 6.45) is 0. The molecule has 112 valence electrons. The van der Waals surface area contributed by atoms with Crippen LogP contribution in [0.4, 0.5) is 0 Å². The van der Waals surface area contributed by atoms with Gasteiger partial charge in [-0.3, -0.25) is 0 Å². The predicted octanol–water partition coefficient (Wildman–Crippen LogP) is 5.07. The maximum atomic E-state index is 6.26. The first-order valence-electron chi connectivity index (χ1n) is 6.93. The second-order valence-corrected chi connectivity index (χ2v) is 6.06. The van der Waals surface area contributed by atoms with E-state index in [2.05, 4.69) is 19.2 Å². The molecule has 0 aromatic heterocycles. The lowest BCUT2D eigenvalue weighted by atomic mass is 10.2. The molecule has 2 rings (SSSR count). The van der Waals surface area contributed by atoms with E-state index < -0.39 is 0 Å². The lowest BCUT2D eigenvalue weighted by molar-refractivity contribution is 0.306. The summed E-state index contributed by atoms with van der Waals surface area (Å²) < 4.78 is 5.75. The van der Waals surface area contributed by atoms with E-state index in [0.29, 0.717) is 23.4 Å². The van der Waals surface area contributed by atoms with Crippen LogP contribution < -0.4 is 10.1 Å². The molecule has 0 aliphatic rings. The van der Waals surface area contributed by atoms with Gasteiger partial charge in [0.1, 0.15) is 12.4 Å². The predicted molar refractivity (Wildman–Crippen MR) is 89.2 cm³/mol. The first-order valence-corrected chi connectivity index (χ1v) is 7.69. The summed E-state index contributed by atoms with van der Waals surface area (Å²) in [5.41, 5.74) is 2.20. The van der Waals surface area contributed by atoms with Gasteiger partial charge in [0.2, 0.25) is 0 Å². The lowest BCUT2D eigenvalue weighted by Crippen LogP contribution is -2.21. The zero-order chi connectivity index (χ0) is 15.2. The Balaban J connectivity index is 1.95. The monoisotopic (exact) mass is 323 g/mol. The van der Waals surface area contributed by atoms with Crippen molar-refractivity contribution in [3.8, 4) is 5.75 Å². The fourth-order valence-electron chi connectivity index (χ4n) is 1.84. The highest BCUT2D eigenvalue weighted by molar-refractivity contribution is 6.32. The van der Waals surface area contributed by atoms with Gasteiger partial charge >= 0.3 is 0 Å². The Morgan fingerprint density at radius 3 is 2.29 bits per heavy atom. The van der Waals surface area contributed by atoms with Crippen molar-refractivity contribution < 1.29 is 4.74 Å². The van der Waals surface area contributed by atoms with Gasteiger partial charge in [0, 0.05) is 17.6 Å². The van der Waals surface area contributed by atoms with Crippen LogP contribution in [0.2, 0.25) is 10.0 Å². The molecule has 0 radical (unpaired) electrons. The van der Waals surface area contributed by atoms with E-state index in [-0.39, 0.29) is 0 Å². The minimum Gasteiger partial charge on any atom is -0.487 e. The van der Waals surface area contributed by atoms with Crippen LogP contribution in [0, 0.1) is 0 Å². The number of ether oxygens (including phenoxy) is 1. The molecular formula is C17H19Cl2NO. The summed E-state index contributed by atoms with van der Waals surface area (Å²) in [4.78, 5) is 0. The average Bonchev–Trinajstić information content (AvgIpc) is 2.46. The topological polar surface area (TPSA) is 21.3 Å². The van der Waals surface area contributed by atoms with Gasteiger partial charge in [0.15, 0.2) is 0 Å². The molecule has 21 heavy (non-hydrogen) atoms. The molecule has 0 atom stereocenters. The van der Waals surface area contributed by atoms with Crippen molar-refractivity contribution in [3.05, 3.63) is 63.6 Å². The zero-order valence-corrected chi connectivity index (χ0v) is 13.7. The van der Waals surface area contributed by atoms with Gasteiger partial charge in [-0.15, -0.1) is 0 Å². The molecule has 0 unspecified atom stereocenters. The van der Waals surface area contributed by atoms with E-state index in [0.717, 1.165) is 22.7 Å². The highest BCUT2D eigenvalue weighted by Gasteiger charge is 2.04. The summed E-state index contributed by atoms with van der Waals surface area (Å²) >= 11 is 12.1. The maximum Gasteiger partial charge on any atom is 0.138 e. The summed E-state index contributed by atoms with van der Waals surface area (Å²) in [5.74, 6) is 0.694. The van der Waals surface area contributed by atoms with Crippen molar-refractivity contribution in [1.29, 1.82) is 0 Å². The van der Waals surface area contributed by atoms with Crippen molar-refractivity contribution in [2.75, 3.05) is 0 Å². The van der Waals surface area contributed by atoms with Gasteiger partial charge in [-0.25, -0.2) is 0 Å². The van der Waals surface area contributed by atoms with E-state index in [1.165, 1.54) is 0 Å². The SMILES string of the molecule is CC(C)NCc1ccc(OCc2ccc(Cl)cc2)c(Cl)c1. The molecule has 0 aliphatic carbocycles. The lowest BCUT2D eigenvalue weighted by Gasteiger charge is -2.11. The van der Waals surface area contributed by atoms with Crippen LogP contribution >= 0.6 is 23.2 Å². The minimum atomic E-state index is 0.449. The Hall–Kier alpha value is -1.22. The summed E-state index contributed by atoms with van der Waals surface area (Å²) in [5, 5.41) is 4.71. The number of benzene rings is 2. The van der Waals surface area contributed by atoms with E-state index in [9.17, 15) is 0 Å². The molecule has 0 saturated carbocycles. The number of halogens is 2. The number of nitrogens with one attached hydrogen (secondary N) is 1. The summed E-state index contributed by atoms with van der Waals surface area (Å²) in [7, 11) is 0. The summed E-state index contributed by atoms with van der Waals surface area (Å²) in [6.45, 7) is 5.51. The van der Waals surface area contributed by atoms with Crippen LogP contribution in [0.25, 0.3) is 0 Å². The fraction of sp³-hybridized carbons (Fsp3) is 0.294. The Morgan fingerprint density at radius 2 is 1.67 bits per heavy atom. The third-order valence-electron chi connectivity index (χ3n) is 3.02. The van der Waals surface area contributed by atoms with Crippen LogP contribution in [0.15, 0.2) is 42.5 Å². The Kier molecular flexibility index (Phi) is 5.92. The van der Waals surface area contributed by atoms with Crippen molar-refractivity contribution >= 4 is 23.2 Å². The number of hydrogen-bond donors (Lipinski definition) is 1. The molecule has 0 heterocycles. The van der Waals surface area contributed by atoms with Gasteiger partial charge in [-0.2, -0.15) is 0 Å². The maximum absolute atomic E-state index is 6.26. The van der Waals surface area contributed by atoms with Gasteiger partial charge < -0.3 is 10.1 Å². The van der Waals surface area contributed by atoms with Crippen molar-refractivity contribution in [2.45, 2.75) is 33.0 Å². The van der Waals surface area contributed by atoms with Crippen LogP contribution in [-0.4, -0.2) is 6.04 Å². The summed E-state index contributed by atoms with van der Waals surface area (Å²) in [6, 6.07) is 13.9. The third-order valence-corrected chi connectivity index (χ3v) is 3.57. The van der Waals surface area contributed by atoms with E-state index >= 15 is 0 Å². The van der Waals surface area contributed by atoms with Crippen molar-refractivity contribution in [2.24, 2.45) is 0 Å². The Morgan fingerprint density at radius 1 is 1.00 bits per heavy atom. The van der Waals surface area contributed by atoms with Gasteiger partial charge in [-0.1, -0.05) is 55.2 Å². The molecule has 0 amide bonds.